The molecule has 1 aromatic carbocycles. The van der Waals surface area contributed by atoms with Crippen LogP contribution in [0.4, 0.5) is 0 Å². The van der Waals surface area contributed by atoms with Gasteiger partial charge >= 0.3 is 0 Å². The van der Waals surface area contributed by atoms with Gasteiger partial charge in [0.15, 0.2) is 15.5 Å². The van der Waals surface area contributed by atoms with Gasteiger partial charge in [-0.05, 0) is 38.1 Å². The van der Waals surface area contributed by atoms with Crippen molar-refractivity contribution in [2.24, 2.45) is 0 Å². The summed E-state index contributed by atoms with van der Waals surface area (Å²) in [5, 5.41) is 11.2. The minimum Gasteiger partial charge on any atom is -0.345 e. The maximum Gasteiger partial charge on any atom is 0.273 e. The second-order valence-corrected chi connectivity index (χ2v) is 9.33. The van der Waals surface area contributed by atoms with Crippen molar-refractivity contribution in [1.82, 2.24) is 25.2 Å². The van der Waals surface area contributed by atoms with E-state index in [1.54, 1.807) is 0 Å². The second-order valence-electron chi connectivity index (χ2n) is 7.18. The van der Waals surface area contributed by atoms with Gasteiger partial charge in [-0.1, -0.05) is 24.6 Å². The molecule has 0 bridgehead atoms. The molecule has 144 valence electrons. The highest BCUT2D eigenvalue weighted by atomic mass is 32.2. The van der Waals surface area contributed by atoms with Gasteiger partial charge in [0.05, 0.1) is 29.4 Å². The Balaban J connectivity index is 1.48. The molecule has 0 spiro atoms. The summed E-state index contributed by atoms with van der Waals surface area (Å²) in [7, 11) is -3.16. The lowest BCUT2D eigenvalue weighted by Gasteiger charge is -2.34. The number of aromatic nitrogens is 3. The molecule has 9 heteroatoms. The molecule has 3 heterocycles. The topological polar surface area (TPSA) is 97.2 Å². The van der Waals surface area contributed by atoms with E-state index in [0.29, 0.717) is 0 Å². The number of benzene rings is 1. The molecule has 0 unspecified atom stereocenters. The summed E-state index contributed by atoms with van der Waals surface area (Å²) in [6.07, 6.45) is 4.72. The number of nitrogens with zero attached hydrogens (tertiary/aromatic N) is 4. The third kappa shape index (κ3) is 4.03. The number of rotatable bonds is 4. The van der Waals surface area contributed by atoms with Crippen LogP contribution in [0, 0.1) is 0 Å². The first-order chi connectivity index (χ1) is 13.0. The molecule has 8 nitrogen and oxygen atoms in total. The van der Waals surface area contributed by atoms with Crippen LogP contribution in [0.1, 0.15) is 29.8 Å². The van der Waals surface area contributed by atoms with Crippen LogP contribution >= 0.6 is 0 Å². The van der Waals surface area contributed by atoms with E-state index in [2.05, 4.69) is 20.4 Å². The molecule has 1 aromatic heterocycles. The molecule has 2 atom stereocenters. The third-order valence-electron chi connectivity index (χ3n) is 5.21. The Bertz CT molecular complexity index is 906. The number of nitrogens with one attached hydrogen (secondary N) is 1. The molecular weight excluding hydrogens is 366 g/mol. The number of piperidine rings is 1. The van der Waals surface area contributed by atoms with Crippen LogP contribution < -0.4 is 5.32 Å². The van der Waals surface area contributed by atoms with Crippen molar-refractivity contribution in [3.63, 3.8) is 0 Å². The molecule has 2 aromatic rings. The van der Waals surface area contributed by atoms with Crippen molar-refractivity contribution in [3.05, 3.63) is 42.2 Å². The van der Waals surface area contributed by atoms with Crippen molar-refractivity contribution < 1.29 is 13.2 Å². The van der Waals surface area contributed by atoms with E-state index in [1.807, 2.05) is 30.3 Å². The fraction of sp³-hybridized carbons (Fsp3) is 0.500. The van der Waals surface area contributed by atoms with Crippen LogP contribution in [-0.2, 0) is 9.84 Å². The number of likely N-dealkylation sites (tertiary alicyclic amines) is 1. The van der Waals surface area contributed by atoms with E-state index in [-0.39, 0.29) is 29.1 Å². The summed E-state index contributed by atoms with van der Waals surface area (Å²) in [6.45, 7) is 1.77. The number of sulfone groups is 1. The van der Waals surface area contributed by atoms with E-state index in [0.717, 1.165) is 31.6 Å². The van der Waals surface area contributed by atoms with Crippen LogP contribution in [0.15, 0.2) is 36.5 Å². The minimum atomic E-state index is -3.16. The van der Waals surface area contributed by atoms with Crippen molar-refractivity contribution in [2.45, 2.75) is 31.3 Å². The largest absolute Gasteiger partial charge is 0.345 e. The highest BCUT2D eigenvalue weighted by molar-refractivity contribution is 7.91. The van der Waals surface area contributed by atoms with Crippen molar-refractivity contribution in [1.29, 1.82) is 0 Å². The Morgan fingerprint density at radius 2 is 1.81 bits per heavy atom. The molecule has 2 aliphatic rings. The van der Waals surface area contributed by atoms with Gasteiger partial charge in [0, 0.05) is 6.04 Å². The van der Waals surface area contributed by atoms with Crippen LogP contribution in [0.3, 0.4) is 0 Å². The molecule has 1 N–H and O–H groups in total. The quantitative estimate of drug-likeness (QED) is 0.825. The summed E-state index contributed by atoms with van der Waals surface area (Å²) < 4.78 is 24.4. The standard InChI is InChI=1S/C18H23N5O3S/c24-18(15-11-19-23(21-15)14-7-3-1-4-8-14)20-16-12-27(25,26)13-17(16)22-9-5-2-6-10-22/h1,3-4,7-8,11,16-17H,2,5-6,9-10,12-13H2,(H,20,24)/t16-,17+/m0/s1. The van der Waals surface area contributed by atoms with E-state index >= 15 is 0 Å². The number of amides is 1. The molecule has 0 saturated carbocycles. The lowest BCUT2D eigenvalue weighted by atomic mass is 10.0. The minimum absolute atomic E-state index is 0.0211. The van der Waals surface area contributed by atoms with Crippen LogP contribution in [-0.4, -0.2) is 70.9 Å². The number of carbonyl (C=O) groups is 1. The molecule has 1 amide bonds. The average molecular weight is 389 g/mol. The van der Waals surface area contributed by atoms with E-state index in [4.69, 9.17) is 0 Å². The fourth-order valence-corrected chi connectivity index (χ4v) is 5.82. The maximum absolute atomic E-state index is 12.6. The Morgan fingerprint density at radius 1 is 1.07 bits per heavy atom. The first-order valence-corrected chi connectivity index (χ1v) is 11.1. The molecule has 2 fully saturated rings. The summed E-state index contributed by atoms with van der Waals surface area (Å²) >= 11 is 0. The van der Waals surface area contributed by atoms with E-state index in [1.165, 1.54) is 17.4 Å². The van der Waals surface area contributed by atoms with Gasteiger partial charge < -0.3 is 5.32 Å². The SMILES string of the molecule is O=C(N[C@H]1CS(=O)(=O)C[C@H]1N1CCCCC1)c1cnn(-c2ccccc2)n1. The molecule has 0 radical (unpaired) electrons. The highest BCUT2D eigenvalue weighted by Gasteiger charge is 2.42. The molecule has 2 aliphatic heterocycles. The number of carbonyl (C=O) groups excluding carboxylic acids is 1. The summed E-state index contributed by atoms with van der Waals surface area (Å²) in [4.78, 5) is 16.2. The van der Waals surface area contributed by atoms with Gasteiger partial charge in [-0.25, -0.2) is 8.42 Å². The van der Waals surface area contributed by atoms with Crippen molar-refractivity contribution in [3.8, 4) is 5.69 Å². The monoisotopic (exact) mass is 389 g/mol. The third-order valence-corrected chi connectivity index (χ3v) is 6.93. The van der Waals surface area contributed by atoms with Gasteiger partial charge in [-0.2, -0.15) is 9.90 Å². The first kappa shape index (κ1) is 18.1. The molecule has 4 rings (SSSR count). The molecule has 27 heavy (non-hydrogen) atoms. The van der Waals surface area contributed by atoms with E-state index < -0.39 is 15.9 Å². The predicted molar refractivity (Wildman–Crippen MR) is 100 cm³/mol. The molecular formula is C18H23N5O3S. The Kier molecular flexibility index (Phi) is 4.96. The summed E-state index contributed by atoms with van der Waals surface area (Å²) in [6, 6.07) is 8.73. The number of para-hydroxylation sites is 1. The van der Waals surface area contributed by atoms with Gasteiger partial charge in [-0.15, -0.1) is 5.10 Å². The zero-order valence-electron chi connectivity index (χ0n) is 15.0. The van der Waals surface area contributed by atoms with Crippen molar-refractivity contribution >= 4 is 15.7 Å². The number of hydrogen-bond donors (Lipinski definition) is 1. The van der Waals surface area contributed by atoms with Crippen LogP contribution in [0.5, 0.6) is 0 Å². The van der Waals surface area contributed by atoms with Crippen LogP contribution in [0.2, 0.25) is 0 Å². The smallest absolute Gasteiger partial charge is 0.273 e. The fourth-order valence-electron chi connectivity index (χ4n) is 3.87. The molecule has 0 aliphatic carbocycles. The first-order valence-electron chi connectivity index (χ1n) is 9.25. The lowest BCUT2D eigenvalue weighted by molar-refractivity contribution is 0.0894. The maximum atomic E-state index is 12.6. The van der Waals surface area contributed by atoms with Gasteiger partial charge in [-0.3, -0.25) is 9.69 Å². The normalized spacial score (nSPS) is 25.3. The second kappa shape index (κ2) is 7.40. The zero-order valence-corrected chi connectivity index (χ0v) is 15.8. The van der Waals surface area contributed by atoms with Gasteiger partial charge in [0.1, 0.15) is 0 Å². The zero-order chi connectivity index (χ0) is 18.9. The summed E-state index contributed by atoms with van der Waals surface area (Å²) in [5.74, 6) is -0.303. The highest BCUT2D eigenvalue weighted by Crippen LogP contribution is 2.22. The Hall–Kier alpha value is -2.26. The number of hydrogen-bond acceptors (Lipinski definition) is 6. The Morgan fingerprint density at radius 3 is 2.56 bits per heavy atom. The van der Waals surface area contributed by atoms with Gasteiger partial charge in [0.2, 0.25) is 0 Å². The Labute approximate surface area is 158 Å². The predicted octanol–water partition coefficient (Wildman–Crippen LogP) is 0.649. The van der Waals surface area contributed by atoms with E-state index in [9.17, 15) is 13.2 Å². The molecule has 2 saturated heterocycles. The van der Waals surface area contributed by atoms with Crippen LogP contribution in [0.25, 0.3) is 5.69 Å². The lowest BCUT2D eigenvalue weighted by Crippen LogP contribution is -2.52. The average Bonchev–Trinajstić information content (AvgIpc) is 3.28. The van der Waals surface area contributed by atoms with Gasteiger partial charge in [0.25, 0.3) is 5.91 Å². The van der Waals surface area contributed by atoms with Crippen molar-refractivity contribution in [2.75, 3.05) is 24.6 Å². The summed E-state index contributed by atoms with van der Waals surface area (Å²) in [5.41, 5.74) is 0.937.